The molecule has 2 rings (SSSR count). The van der Waals surface area contributed by atoms with Crippen molar-refractivity contribution in [2.75, 3.05) is 20.1 Å². The van der Waals surface area contributed by atoms with E-state index < -0.39 is 5.97 Å². The Morgan fingerprint density at radius 2 is 2.16 bits per heavy atom. The van der Waals surface area contributed by atoms with Gasteiger partial charge in [-0.3, -0.25) is 19.5 Å². The van der Waals surface area contributed by atoms with Crippen LogP contribution in [0.15, 0.2) is 24.5 Å². The summed E-state index contributed by atoms with van der Waals surface area (Å²) in [5, 5.41) is 8.96. The largest absolute Gasteiger partial charge is 0.481 e. The molecule has 1 aliphatic rings. The summed E-state index contributed by atoms with van der Waals surface area (Å²) >= 11 is 0. The minimum absolute atomic E-state index is 0.0238. The van der Waals surface area contributed by atoms with Crippen molar-refractivity contribution in [1.29, 1.82) is 0 Å². The summed E-state index contributed by atoms with van der Waals surface area (Å²) in [6, 6.07) is 3.61. The maximum absolute atomic E-state index is 11.8. The Labute approximate surface area is 111 Å². The molecule has 19 heavy (non-hydrogen) atoms. The van der Waals surface area contributed by atoms with Gasteiger partial charge in [-0.25, -0.2) is 0 Å². The smallest absolute Gasteiger partial charge is 0.305 e. The molecule has 2 heterocycles. The summed E-state index contributed by atoms with van der Waals surface area (Å²) < 4.78 is 0. The maximum atomic E-state index is 11.8. The van der Waals surface area contributed by atoms with Crippen molar-refractivity contribution in [3.05, 3.63) is 30.1 Å². The van der Waals surface area contributed by atoms with Crippen LogP contribution in [0.25, 0.3) is 0 Å². The van der Waals surface area contributed by atoms with E-state index >= 15 is 0 Å². The Morgan fingerprint density at radius 3 is 2.79 bits per heavy atom. The highest BCUT2D eigenvalue weighted by molar-refractivity contribution is 5.79. The van der Waals surface area contributed by atoms with Gasteiger partial charge in [-0.05, 0) is 17.7 Å². The Morgan fingerprint density at radius 1 is 1.47 bits per heavy atom. The second-order valence-electron chi connectivity index (χ2n) is 4.79. The van der Waals surface area contributed by atoms with E-state index in [9.17, 15) is 9.59 Å². The Bertz CT molecular complexity index is 463. The van der Waals surface area contributed by atoms with Crippen molar-refractivity contribution in [2.24, 2.45) is 0 Å². The van der Waals surface area contributed by atoms with Crippen molar-refractivity contribution in [2.45, 2.75) is 19.0 Å². The number of aromatic nitrogens is 1. The van der Waals surface area contributed by atoms with Crippen LogP contribution in [0.4, 0.5) is 0 Å². The Balaban J connectivity index is 2.09. The zero-order valence-electron chi connectivity index (χ0n) is 10.8. The molecule has 1 saturated heterocycles. The van der Waals surface area contributed by atoms with Crippen LogP contribution < -0.4 is 0 Å². The van der Waals surface area contributed by atoms with Crippen LogP contribution in [0.5, 0.6) is 0 Å². The zero-order chi connectivity index (χ0) is 13.8. The molecule has 102 valence electrons. The average molecular weight is 263 g/mol. The number of likely N-dealkylation sites (N-methyl/N-ethyl adjacent to an activating group) is 1. The van der Waals surface area contributed by atoms with E-state index in [0.717, 1.165) is 5.56 Å². The maximum Gasteiger partial charge on any atom is 0.305 e. The summed E-state index contributed by atoms with van der Waals surface area (Å²) in [6.45, 7) is 1.28. The quantitative estimate of drug-likeness (QED) is 0.840. The molecule has 1 atom stereocenters. The fraction of sp³-hybridized carbons (Fsp3) is 0.462. The molecule has 1 aromatic heterocycles. The summed E-state index contributed by atoms with van der Waals surface area (Å²) in [5.74, 6) is -0.817. The molecule has 1 aliphatic heterocycles. The first-order valence-corrected chi connectivity index (χ1v) is 6.15. The number of pyridine rings is 1. The summed E-state index contributed by atoms with van der Waals surface area (Å²) in [5.41, 5.74) is 1.03. The van der Waals surface area contributed by atoms with E-state index in [2.05, 4.69) is 4.98 Å². The monoisotopic (exact) mass is 263 g/mol. The van der Waals surface area contributed by atoms with Crippen molar-refractivity contribution in [3.63, 3.8) is 0 Å². The molecule has 0 bridgehead atoms. The third-order valence-electron chi connectivity index (χ3n) is 3.31. The van der Waals surface area contributed by atoms with Gasteiger partial charge in [0.1, 0.15) is 0 Å². The number of hydrogen-bond acceptors (Lipinski definition) is 4. The van der Waals surface area contributed by atoms with Gasteiger partial charge in [0.15, 0.2) is 0 Å². The number of carbonyl (C=O) groups is 2. The van der Waals surface area contributed by atoms with Gasteiger partial charge in [0, 0.05) is 38.6 Å². The van der Waals surface area contributed by atoms with E-state index in [-0.39, 0.29) is 24.9 Å². The normalized spacial score (nSPS) is 20.6. The number of aliphatic carboxylic acids is 1. The molecule has 6 heteroatoms. The fourth-order valence-corrected chi connectivity index (χ4v) is 2.26. The lowest BCUT2D eigenvalue weighted by Gasteiger charge is -2.38. The Kier molecular flexibility index (Phi) is 4.11. The number of hydrogen-bond donors (Lipinski definition) is 1. The third kappa shape index (κ3) is 3.51. The molecule has 6 nitrogen and oxygen atoms in total. The molecule has 1 amide bonds. The molecule has 0 aliphatic carbocycles. The average Bonchev–Trinajstić information content (AvgIpc) is 2.36. The number of nitrogens with zero attached hydrogens (tertiary/aromatic N) is 3. The molecular weight excluding hydrogens is 246 g/mol. The van der Waals surface area contributed by atoms with Crippen LogP contribution >= 0.6 is 0 Å². The van der Waals surface area contributed by atoms with Gasteiger partial charge in [-0.15, -0.1) is 0 Å². The van der Waals surface area contributed by atoms with Crippen LogP contribution in [-0.4, -0.2) is 57.9 Å². The second kappa shape index (κ2) is 5.79. The summed E-state index contributed by atoms with van der Waals surface area (Å²) in [7, 11) is 1.71. The van der Waals surface area contributed by atoms with Crippen LogP contribution in [0.3, 0.4) is 0 Å². The summed E-state index contributed by atoms with van der Waals surface area (Å²) in [6.07, 6.45) is 3.43. The predicted octanol–water partition coefficient (Wildman–Crippen LogP) is 0.199. The highest BCUT2D eigenvalue weighted by Crippen LogP contribution is 2.16. The minimum atomic E-state index is -0.840. The second-order valence-corrected chi connectivity index (χ2v) is 4.79. The van der Waals surface area contributed by atoms with E-state index in [1.165, 1.54) is 0 Å². The number of piperazine rings is 1. The molecule has 1 aromatic rings. The highest BCUT2D eigenvalue weighted by Gasteiger charge is 2.31. The van der Waals surface area contributed by atoms with Crippen molar-refractivity contribution < 1.29 is 14.7 Å². The van der Waals surface area contributed by atoms with Gasteiger partial charge >= 0.3 is 5.97 Å². The first-order valence-electron chi connectivity index (χ1n) is 6.15. The number of rotatable bonds is 4. The molecule has 1 unspecified atom stereocenters. The Hall–Kier alpha value is -1.95. The molecular formula is C13H17N3O3. The molecule has 1 fully saturated rings. The van der Waals surface area contributed by atoms with Gasteiger partial charge in [0.05, 0.1) is 13.0 Å². The van der Waals surface area contributed by atoms with E-state index in [1.807, 2.05) is 17.0 Å². The van der Waals surface area contributed by atoms with Crippen LogP contribution in [0.1, 0.15) is 12.0 Å². The van der Waals surface area contributed by atoms with Crippen molar-refractivity contribution >= 4 is 11.9 Å². The molecule has 0 aromatic carbocycles. The number of carboxylic acid groups (broad SMARTS) is 1. The van der Waals surface area contributed by atoms with Crippen molar-refractivity contribution in [1.82, 2.24) is 14.8 Å². The third-order valence-corrected chi connectivity index (χ3v) is 3.31. The summed E-state index contributed by atoms with van der Waals surface area (Å²) in [4.78, 5) is 30.1. The topological polar surface area (TPSA) is 73.7 Å². The highest BCUT2D eigenvalue weighted by atomic mass is 16.4. The number of carboxylic acids is 1. The first-order chi connectivity index (χ1) is 9.06. The first kappa shape index (κ1) is 13.5. The molecule has 0 saturated carbocycles. The number of carbonyl (C=O) groups excluding carboxylic acids is 1. The van der Waals surface area contributed by atoms with Gasteiger partial charge < -0.3 is 10.0 Å². The lowest BCUT2D eigenvalue weighted by atomic mass is 10.1. The predicted molar refractivity (Wildman–Crippen MR) is 68.3 cm³/mol. The van der Waals surface area contributed by atoms with Crippen LogP contribution in [0.2, 0.25) is 0 Å². The van der Waals surface area contributed by atoms with Gasteiger partial charge in [0.25, 0.3) is 0 Å². The zero-order valence-corrected chi connectivity index (χ0v) is 10.8. The molecule has 0 radical (unpaired) electrons. The SMILES string of the molecule is CN1CC(CC(=O)O)N(Cc2ccncc2)CC1=O. The molecule has 1 N–H and O–H groups in total. The van der Waals surface area contributed by atoms with Gasteiger partial charge in [0.2, 0.25) is 5.91 Å². The minimum Gasteiger partial charge on any atom is -0.481 e. The number of amides is 1. The van der Waals surface area contributed by atoms with Crippen molar-refractivity contribution in [3.8, 4) is 0 Å². The molecule has 0 spiro atoms. The van der Waals surface area contributed by atoms with E-state index in [0.29, 0.717) is 13.1 Å². The van der Waals surface area contributed by atoms with Gasteiger partial charge in [-0.2, -0.15) is 0 Å². The lowest BCUT2D eigenvalue weighted by molar-refractivity contribution is -0.144. The van der Waals surface area contributed by atoms with E-state index in [1.54, 1.807) is 24.3 Å². The standard InChI is InChI=1S/C13H17N3O3/c1-15-8-11(6-13(18)19)16(9-12(15)17)7-10-2-4-14-5-3-10/h2-5,11H,6-9H2,1H3,(H,18,19). The van der Waals surface area contributed by atoms with Crippen LogP contribution in [-0.2, 0) is 16.1 Å². The van der Waals surface area contributed by atoms with E-state index in [4.69, 9.17) is 5.11 Å². The fourth-order valence-electron chi connectivity index (χ4n) is 2.26. The van der Waals surface area contributed by atoms with Gasteiger partial charge in [-0.1, -0.05) is 0 Å². The lowest BCUT2D eigenvalue weighted by Crippen LogP contribution is -2.54. The van der Waals surface area contributed by atoms with Crippen LogP contribution in [0, 0.1) is 0 Å².